The van der Waals surface area contributed by atoms with E-state index in [1.54, 1.807) is 43.5 Å². The number of aromatic nitrogens is 2. The van der Waals surface area contributed by atoms with Crippen LogP contribution in [0.25, 0.3) is 11.0 Å². The van der Waals surface area contributed by atoms with Crippen LogP contribution in [-0.2, 0) is 9.84 Å². The largest absolute Gasteiger partial charge is 0.497 e. The number of nitrogens with one attached hydrogen (secondary N) is 1. The zero-order chi connectivity index (χ0) is 16.3. The molecule has 6 nitrogen and oxygen atoms in total. The van der Waals surface area contributed by atoms with Gasteiger partial charge in [-0.3, -0.25) is 0 Å². The number of ether oxygens (including phenoxy) is 2. The number of methoxy groups -OCH3 is 1. The van der Waals surface area contributed by atoms with Crippen LogP contribution >= 0.6 is 0 Å². The lowest BCUT2D eigenvalue weighted by atomic mass is 10.3. The Labute approximate surface area is 134 Å². The minimum Gasteiger partial charge on any atom is -0.497 e. The van der Waals surface area contributed by atoms with Crippen molar-refractivity contribution in [3.63, 3.8) is 0 Å². The van der Waals surface area contributed by atoms with Crippen molar-refractivity contribution in [3.8, 4) is 11.5 Å². The predicted molar refractivity (Wildman–Crippen MR) is 86.6 cm³/mol. The summed E-state index contributed by atoms with van der Waals surface area (Å²) in [6.45, 7) is 0.0473. The summed E-state index contributed by atoms with van der Waals surface area (Å²) in [4.78, 5) is 6.95. The second-order valence-electron chi connectivity index (χ2n) is 4.90. The zero-order valence-corrected chi connectivity index (χ0v) is 13.3. The Morgan fingerprint density at radius 3 is 2.43 bits per heavy atom. The number of para-hydroxylation sites is 2. The average Bonchev–Trinajstić information content (AvgIpc) is 3.00. The van der Waals surface area contributed by atoms with Gasteiger partial charge in [0.2, 0.25) is 15.0 Å². The lowest BCUT2D eigenvalue weighted by Gasteiger charge is -2.06. The van der Waals surface area contributed by atoms with E-state index < -0.39 is 9.84 Å². The summed E-state index contributed by atoms with van der Waals surface area (Å²) in [6, 6.07) is 14.1. The van der Waals surface area contributed by atoms with Crippen molar-refractivity contribution in [2.45, 2.75) is 5.16 Å². The fourth-order valence-corrected chi connectivity index (χ4v) is 3.11. The van der Waals surface area contributed by atoms with Crippen LogP contribution in [0.2, 0.25) is 0 Å². The second kappa shape index (κ2) is 6.29. The Kier molecular flexibility index (Phi) is 4.20. The molecule has 2 aromatic carbocycles. The monoisotopic (exact) mass is 332 g/mol. The topological polar surface area (TPSA) is 81.3 Å². The highest BCUT2D eigenvalue weighted by molar-refractivity contribution is 7.91. The lowest BCUT2D eigenvalue weighted by molar-refractivity contribution is 0.339. The minimum atomic E-state index is -3.52. The molecule has 0 saturated carbocycles. The molecule has 1 aromatic heterocycles. The first-order valence-corrected chi connectivity index (χ1v) is 8.68. The van der Waals surface area contributed by atoms with E-state index in [9.17, 15) is 8.42 Å². The molecular weight excluding hydrogens is 316 g/mol. The van der Waals surface area contributed by atoms with Crippen molar-refractivity contribution in [2.24, 2.45) is 0 Å². The Balaban J connectivity index is 1.66. The van der Waals surface area contributed by atoms with Crippen molar-refractivity contribution in [3.05, 3.63) is 48.5 Å². The van der Waals surface area contributed by atoms with Gasteiger partial charge < -0.3 is 14.5 Å². The predicted octanol–water partition coefficient (Wildman–Crippen LogP) is 2.42. The number of fused-ring (bicyclic) bond motifs is 1. The number of hydrogen-bond donors (Lipinski definition) is 1. The molecule has 0 atom stereocenters. The summed E-state index contributed by atoms with van der Waals surface area (Å²) in [5.74, 6) is 1.15. The van der Waals surface area contributed by atoms with Gasteiger partial charge in [0, 0.05) is 0 Å². The van der Waals surface area contributed by atoms with Crippen LogP contribution in [0.5, 0.6) is 11.5 Å². The van der Waals surface area contributed by atoms with Gasteiger partial charge in [-0.1, -0.05) is 12.1 Å². The molecule has 0 amide bonds. The van der Waals surface area contributed by atoms with Crippen LogP contribution in [-0.4, -0.2) is 37.9 Å². The maximum atomic E-state index is 12.3. The molecule has 0 radical (unpaired) electrons. The van der Waals surface area contributed by atoms with E-state index in [1.807, 2.05) is 12.1 Å². The smallest absolute Gasteiger partial charge is 0.226 e. The molecule has 0 aliphatic rings. The van der Waals surface area contributed by atoms with Crippen molar-refractivity contribution in [1.29, 1.82) is 0 Å². The van der Waals surface area contributed by atoms with E-state index in [0.29, 0.717) is 22.5 Å². The molecule has 23 heavy (non-hydrogen) atoms. The van der Waals surface area contributed by atoms with Crippen molar-refractivity contribution < 1.29 is 17.9 Å². The molecule has 0 aliphatic carbocycles. The minimum absolute atomic E-state index is 0.0305. The molecule has 1 N–H and O–H groups in total. The van der Waals surface area contributed by atoms with Gasteiger partial charge in [0.1, 0.15) is 18.1 Å². The van der Waals surface area contributed by atoms with Crippen molar-refractivity contribution in [1.82, 2.24) is 9.97 Å². The molecule has 3 rings (SSSR count). The van der Waals surface area contributed by atoms with E-state index in [-0.39, 0.29) is 17.5 Å². The van der Waals surface area contributed by atoms with Crippen LogP contribution < -0.4 is 9.47 Å². The van der Waals surface area contributed by atoms with Gasteiger partial charge in [-0.25, -0.2) is 13.4 Å². The van der Waals surface area contributed by atoms with E-state index in [2.05, 4.69) is 9.97 Å². The number of hydrogen-bond acceptors (Lipinski definition) is 5. The Morgan fingerprint density at radius 2 is 1.74 bits per heavy atom. The van der Waals surface area contributed by atoms with Gasteiger partial charge in [0.15, 0.2) is 0 Å². The molecular formula is C16H16N2O4S. The Hall–Kier alpha value is -2.54. The van der Waals surface area contributed by atoms with Crippen LogP contribution in [0.3, 0.4) is 0 Å². The Bertz CT molecular complexity index is 868. The molecule has 0 unspecified atom stereocenters. The summed E-state index contributed by atoms with van der Waals surface area (Å²) >= 11 is 0. The molecule has 0 aliphatic heterocycles. The summed E-state index contributed by atoms with van der Waals surface area (Å²) < 4.78 is 35.1. The molecule has 0 saturated heterocycles. The number of sulfone groups is 1. The summed E-state index contributed by atoms with van der Waals surface area (Å²) in [5, 5.41) is -0.0305. The van der Waals surface area contributed by atoms with Crippen molar-refractivity contribution >= 4 is 20.9 Å². The fraction of sp³-hybridized carbons (Fsp3) is 0.188. The molecule has 0 spiro atoms. The SMILES string of the molecule is COc1ccc(OCCS(=O)(=O)c2nc3ccccc3[nH]2)cc1. The van der Waals surface area contributed by atoms with Crippen LogP contribution in [0, 0.1) is 0 Å². The number of imidazole rings is 1. The summed E-state index contributed by atoms with van der Waals surface area (Å²) in [5.41, 5.74) is 1.32. The molecule has 3 aromatic rings. The third-order valence-corrected chi connectivity index (χ3v) is 4.83. The van der Waals surface area contributed by atoms with E-state index in [4.69, 9.17) is 9.47 Å². The standard InChI is InChI=1S/C16H16N2O4S/c1-21-12-6-8-13(9-7-12)22-10-11-23(19,20)16-17-14-4-2-3-5-15(14)18-16/h2-9H,10-11H2,1H3,(H,17,18). The van der Waals surface area contributed by atoms with Gasteiger partial charge >= 0.3 is 0 Å². The number of aromatic amines is 1. The Morgan fingerprint density at radius 1 is 1.04 bits per heavy atom. The number of nitrogens with zero attached hydrogens (tertiary/aromatic N) is 1. The molecule has 7 heteroatoms. The maximum absolute atomic E-state index is 12.3. The van der Waals surface area contributed by atoms with Crippen LogP contribution in [0.4, 0.5) is 0 Å². The van der Waals surface area contributed by atoms with Gasteiger partial charge in [-0.05, 0) is 36.4 Å². The second-order valence-corrected chi connectivity index (χ2v) is 6.93. The maximum Gasteiger partial charge on any atom is 0.226 e. The van der Waals surface area contributed by atoms with Gasteiger partial charge in [0.05, 0.1) is 23.9 Å². The average molecular weight is 332 g/mol. The van der Waals surface area contributed by atoms with E-state index in [1.165, 1.54) is 0 Å². The number of H-pyrrole nitrogens is 1. The number of benzene rings is 2. The third-order valence-electron chi connectivity index (χ3n) is 3.34. The van der Waals surface area contributed by atoms with Gasteiger partial charge in [0.25, 0.3) is 0 Å². The lowest BCUT2D eigenvalue weighted by Crippen LogP contribution is -2.15. The quantitative estimate of drug-likeness (QED) is 0.750. The summed E-state index contributed by atoms with van der Waals surface area (Å²) in [7, 11) is -1.94. The number of rotatable bonds is 6. The normalized spacial score (nSPS) is 11.5. The van der Waals surface area contributed by atoms with Crippen LogP contribution in [0.15, 0.2) is 53.7 Å². The third kappa shape index (κ3) is 3.45. The van der Waals surface area contributed by atoms with E-state index in [0.717, 1.165) is 0 Å². The highest BCUT2D eigenvalue weighted by Crippen LogP contribution is 2.18. The summed E-state index contributed by atoms with van der Waals surface area (Å²) in [6.07, 6.45) is 0. The van der Waals surface area contributed by atoms with Gasteiger partial charge in [-0.2, -0.15) is 0 Å². The van der Waals surface area contributed by atoms with E-state index >= 15 is 0 Å². The molecule has 0 fully saturated rings. The molecule has 1 heterocycles. The molecule has 0 bridgehead atoms. The van der Waals surface area contributed by atoms with Gasteiger partial charge in [-0.15, -0.1) is 0 Å². The van der Waals surface area contributed by atoms with Crippen LogP contribution in [0.1, 0.15) is 0 Å². The first kappa shape index (κ1) is 15.4. The first-order valence-electron chi connectivity index (χ1n) is 7.03. The fourth-order valence-electron chi connectivity index (χ4n) is 2.11. The zero-order valence-electron chi connectivity index (χ0n) is 12.5. The molecule has 120 valence electrons. The highest BCUT2D eigenvalue weighted by atomic mass is 32.2. The van der Waals surface area contributed by atoms with Crippen molar-refractivity contribution in [2.75, 3.05) is 19.5 Å². The first-order chi connectivity index (χ1) is 11.1. The highest BCUT2D eigenvalue weighted by Gasteiger charge is 2.19.